The van der Waals surface area contributed by atoms with Crippen molar-refractivity contribution in [2.24, 2.45) is 7.05 Å². The molecule has 3 heterocycles. The molecule has 3 aromatic rings. The molecule has 2 aromatic heterocycles. The Hall–Kier alpha value is -2.54. The first-order valence-corrected chi connectivity index (χ1v) is 9.56. The van der Waals surface area contributed by atoms with Crippen molar-refractivity contribution in [3.63, 3.8) is 0 Å². The van der Waals surface area contributed by atoms with Gasteiger partial charge in [-0.3, -0.25) is 13.9 Å². The molecule has 0 atom stereocenters. The van der Waals surface area contributed by atoms with Crippen LogP contribution < -0.4 is 16.1 Å². The van der Waals surface area contributed by atoms with Crippen LogP contribution in [0.25, 0.3) is 11.2 Å². The van der Waals surface area contributed by atoms with E-state index in [0.29, 0.717) is 35.2 Å². The molecule has 4 rings (SSSR count). The largest absolute Gasteiger partial charge is 0.332 e. The lowest BCUT2D eigenvalue weighted by Crippen LogP contribution is -2.39. The monoisotopic (exact) mass is 387 g/mol. The SMILES string of the molecule is CCCn1c(=O)c2c(nc3n2CCCN3c2cccc(Cl)c2C)n(C)c1=O. The highest BCUT2D eigenvalue weighted by molar-refractivity contribution is 6.31. The average Bonchev–Trinajstić information content (AvgIpc) is 3.06. The second-order valence-corrected chi connectivity index (χ2v) is 7.33. The lowest BCUT2D eigenvalue weighted by molar-refractivity contribution is 0.579. The smallest absolute Gasteiger partial charge is 0.312 e. The zero-order valence-electron chi connectivity index (χ0n) is 15.7. The molecule has 1 aliphatic heterocycles. The molecule has 142 valence electrons. The topological polar surface area (TPSA) is 65.1 Å². The third-order valence-corrected chi connectivity index (χ3v) is 5.60. The predicted octanol–water partition coefficient (Wildman–Crippen LogP) is 2.81. The summed E-state index contributed by atoms with van der Waals surface area (Å²) in [4.78, 5) is 32.4. The maximum Gasteiger partial charge on any atom is 0.332 e. The summed E-state index contributed by atoms with van der Waals surface area (Å²) in [5, 5.41) is 0.693. The van der Waals surface area contributed by atoms with Crippen molar-refractivity contribution in [2.45, 2.75) is 39.8 Å². The average molecular weight is 388 g/mol. The molecule has 0 amide bonds. The Morgan fingerprint density at radius 2 is 2.00 bits per heavy atom. The number of aryl methyl sites for hydroxylation is 2. The van der Waals surface area contributed by atoms with Crippen molar-refractivity contribution < 1.29 is 0 Å². The van der Waals surface area contributed by atoms with Crippen molar-refractivity contribution >= 4 is 34.4 Å². The summed E-state index contributed by atoms with van der Waals surface area (Å²) in [5.74, 6) is 0.683. The van der Waals surface area contributed by atoms with E-state index in [1.807, 2.05) is 36.6 Å². The lowest BCUT2D eigenvalue weighted by atomic mass is 10.1. The Kier molecular flexibility index (Phi) is 4.34. The number of hydrogen-bond acceptors (Lipinski definition) is 4. The second kappa shape index (κ2) is 6.56. The van der Waals surface area contributed by atoms with Crippen molar-refractivity contribution in [2.75, 3.05) is 11.4 Å². The molecule has 0 saturated carbocycles. The first-order valence-electron chi connectivity index (χ1n) is 9.18. The minimum Gasteiger partial charge on any atom is -0.312 e. The van der Waals surface area contributed by atoms with E-state index in [1.165, 1.54) is 9.13 Å². The van der Waals surface area contributed by atoms with E-state index in [2.05, 4.69) is 4.90 Å². The van der Waals surface area contributed by atoms with Crippen LogP contribution in [0.1, 0.15) is 25.3 Å². The number of rotatable bonds is 3. The molecule has 0 aliphatic carbocycles. The maximum atomic E-state index is 13.0. The summed E-state index contributed by atoms with van der Waals surface area (Å²) in [5.41, 5.74) is 2.27. The van der Waals surface area contributed by atoms with Gasteiger partial charge in [0.25, 0.3) is 5.56 Å². The number of halogens is 1. The van der Waals surface area contributed by atoms with Crippen LogP contribution in [-0.2, 0) is 20.1 Å². The van der Waals surface area contributed by atoms with Gasteiger partial charge in [0.1, 0.15) is 0 Å². The molecule has 0 saturated heterocycles. The highest BCUT2D eigenvalue weighted by Crippen LogP contribution is 2.35. The fourth-order valence-electron chi connectivity index (χ4n) is 3.80. The van der Waals surface area contributed by atoms with Gasteiger partial charge in [0.05, 0.1) is 0 Å². The molecule has 0 radical (unpaired) electrons. The van der Waals surface area contributed by atoms with E-state index < -0.39 is 0 Å². The Labute approximate surface area is 161 Å². The maximum absolute atomic E-state index is 13.0. The van der Waals surface area contributed by atoms with Gasteiger partial charge in [-0.2, -0.15) is 4.98 Å². The van der Waals surface area contributed by atoms with Gasteiger partial charge in [-0.1, -0.05) is 24.6 Å². The van der Waals surface area contributed by atoms with E-state index in [0.717, 1.165) is 30.6 Å². The fraction of sp³-hybridized carbons (Fsp3) is 0.421. The van der Waals surface area contributed by atoms with Gasteiger partial charge in [0.2, 0.25) is 5.95 Å². The van der Waals surface area contributed by atoms with Gasteiger partial charge in [-0.25, -0.2) is 4.79 Å². The molecule has 0 spiro atoms. The predicted molar refractivity (Wildman–Crippen MR) is 107 cm³/mol. The summed E-state index contributed by atoms with van der Waals surface area (Å²) in [6.45, 7) is 5.80. The van der Waals surface area contributed by atoms with Crippen LogP contribution in [0.5, 0.6) is 0 Å². The van der Waals surface area contributed by atoms with Crippen LogP contribution in [0.3, 0.4) is 0 Å². The van der Waals surface area contributed by atoms with Gasteiger partial charge in [-0.15, -0.1) is 0 Å². The zero-order valence-corrected chi connectivity index (χ0v) is 16.5. The van der Waals surface area contributed by atoms with E-state index in [9.17, 15) is 9.59 Å². The van der Waals surface area contributed by atoms with Crippen molar-refractivity contribution in [3.8, 4) is 0 Å². The number of fused-ring (bicyclic) bond motifs is 3. The van der Waals surface area contributed by atoms with Gasteiger partial charge < -0.3 is 9.47 Å². The van der Waals surface area contributed by atoms with E-state index in [-0.39, 0.29) is 11.2 Å². The van der Waals surface area contributed by atoms with Crippen molar-refractivity contribution in [1.29, 1.82) is 0 Å². The Balaban J connectivity index is 2.01. The molecule has 0 bridgehead atoms. The van der Waals surface area contributed by atoms with E-state index >= 15 is 0 Å². The fourth-order valence-corrected chi connectivity index (χ4v) is 3.97. The molecule has 27 heavy (non-hydrogen) atoms. The van der Waals surface area contributed by atoms with Gasteiger partial charge in [-0.05, 0) is 37.5 Å². The Morgan fingerprint density at radius 1 is 1.22 bits per heavy atom. The minimum absolute atomic E-state index is 0.265. The third kappa shape index (κ3) is 2.60. The standard InChI is InChI=1S/C19H22ClN5O2/c1-4-9-25-17(26)15-16(22(3)19(25)27)21-18-23(10-6-11-24(15)18)14-8-5-7-13(20)12(14)2/h5,7-8H,4,6,9-11H2,1-3H3. The number of anilines is 2. The molecule has 0 N–H and O–H groups in total. The van der Waals surface area contributed by atoms with Crippen LogP contribution in [0.2, 0.25) is 5.02 Å². The van der Waals surface area contributed by atoms with Crippen molar-refractivity contribution in [3.05, 3.63) is 49.6 Å². The van der Waals surface area contributed by atoms with Crippen LogP contribution >= 0.6 is 11.6 Å². The number of imidazole rings is 1. The van der Waals surface area contributed by atoms with Gasteiger partial charge >= 0.3 is 5.69 Å². The van der Waals surface area contributed by atoms with E-state index in [1.54, 1.807) is 7.05 Å². The summed E-state index contributed by atoms with van der Waals surface area (Å²) < 4.78 is 4.72. The quantitative estimate of drug-likeness (QED) is 0.693. The molecule has 8 heteroatoms. The first kappa shape index (κ1) is 17.9. The molecular weight excluding hydrogens is 366 g/mol. The molecule has 1 aromatic carbocycles. The molecule has 0 unspecified atom stereocenters. The second-order valence-electron chi connectivity index (χ2n) is 6.92. The minimum atomic E-state index is -0.324. The summed E-state index contributed by atoms with van der Waals surface area (Å²) >= 11 is 6.31. The van der Waals surface area contributed by atoms with Crippen LogP contribution in [0.15, 0.2) is 27.8 Å². The highest BCUT2D eigenvalue weighted by atomic mass is 35.5. The molecule has 1 aliphatic rings. The normalized spacial score (nSPS) is 14.0. The number of aromatic nitrogens is 4. The molecule has 7 nitrogen and oxygen atoms in total. The first-order chi connectivity index (χ1) is 13.0. The van der Waals surface area contributed by atoms with Gasteiger partial charge in [0.15, 0.2) is 11.2 Å². The van der Waals surface area contributed by atoms with Crippen LogP contribution in [0, 0.1) is 6.92 Å². The Bertz CT molecular complexity index is 1160. The highest BCUT2D eigenvalue weighted by Gasteiger charge is 2.27. The van der Waals surface area contributed by atoms with Crippen LogP contribution in [-0.4, -0.2) is 25.2 Å². The van der Waals surface area contributed by atoms with Crippen molar-refractivity contribution in [1.82, 2.24) is 18.7 Å². The molecular formula is C19H22ClN5O2. The summed E-state index contributed by atoms with van der Waals surface area (Å²) in [7, 11) is 1.67. The van der Waals surface area contributed by atoms with E-state index in [4.69, 9.17) is 16.6 Å². The van der Waals surface area contributed by atoms with Crippen LogP contribution in [0.4, 0.5) is 11.6 Å². The number of nitrogens with zero attached hydrogens (tertiary/aromatic N) is 5. The number of hydrogen-bond donors (Lipinski definition) is 0. The Morgan fingerprint density at radius 3 is 2.74 bits per heavy atom. The number of benzene rings is 1. The zero-order chi connectivity index (χ0) is 19.3. The summed E-state index contributed by atoms with van der Waals surface area (Å²) in [6, 6.07) is 5.78. The lowest BCUT2D eigenvalue weighted by Gasteiger charge is -2.30. The summed E-state index contributed by atoms with van der Waals surface area (Å²) in [6.07, 6.45) is 1.59. The molecule has 0 fully saturated rings. The van der Waals surface area contributed by atoms with Gasteiger partial charge in [0, 0.05) is 37.4 Å². The third-order valence-electron chi connectivity index (χ3n) is 5.19.